The highest BCUT2D eigenvalue weighted by Crippen LogP contribution is 2.16. The van der Waals surface area contributed by atoms with Gasteiger partial charge in [-0.25, -0.2) is 0 Å². The van der Waals surface area contributed by atoms with E-state index < -0.39 is 0 Å². The molecule has 0 aromatic carbocycles. The molecule has 0 saturated carbocycles. The molecule has 0 fully saturated rings. The van der Waals surface area contributed by atoms with Gasteiger partial charge >= 0.3 is 0 Å². The molecule has 130 valence electrons. The Labute approximate surface area is 146 Å². The van der Waals surface area contributed by atoms with Gasteiger partial charge in [0.1, 0.15) is 0 Å². The van der Waals surface area contributed by atoms with Gasteiger partial charge in [0.25, 0.3) is 0 Å². The van der Waals surface area contributed by atoms with Crippen molar-refractivity contribution in [3.8, 4) is 11.4 Å². The summed E-state index contributed by atoms with van der Waals surface area (Å²) in [4.78, 5) is 8.99. The van der Waals surface area contributed by atoms with Crippen LogP contribution in [0.15, 0.2) is 36.7 Å². The summed E-state index contributed by atoms with van der Waals surface area (Å²) < 4.78 is 0. The maximum Gasteiger partial charge on any atom is 0.0889 e. The molecule has 0 aliphatic rings. The van der Waals surface area contributed by atoms with Crippen LogP contribution in [0.4, 0.5) is 0 Å². The molecule has 4 nitrogen and oxygen atoms in total. The van der Waals surface area contributed by atoms with Crippen molar-refractivity contribution in [1.82, 2.24) is 20.6 Å². The summed E-state index contributed by atoms with van der Waals surface area (Å²) in [6.45, 7) is 8.31. The first kappa shape index (κ1) is 18.6. The van der Waals surface area contributed by atoms with Crippen molar-refractivity contribution in [2.75, 3.05) is 13.1 Å². The Morgan fingerprint density at radius 3 is 1.62 bits per heavy atom. The van der Waals surface area contributed by atoms with Gasteiger partial charge in [-0.3, -0.25) is 9.97 Å². The summed E-state index contributed by atoms with van der Waals surface area (Å²) in [7, 11) is 0. The van der Waals surface area contributed by atoms with E-state index in [1.807, 2.05) is 12.4 Å². The Hall–Kier alpha value is -1.78. The maximum absolute atomic E-state index is 4.49. The first-order valence-electron chi connectivity index (χ1n) is 9.15. The minimum atomic E-state index is 0.883. The molecule has 0 spiro atoms. The fourth-order valence-corrected chi connectivity index (χ4v) is 2.52. The van der Waals surface area contributed by atoms with Gasteiger partial charge in [-0.1, -0.05) is 26.7 Å². The molecule has 24 heavy (non-hydrogen) atoms. The van der Waals surface area contributed by atoms with Crippen LogP contribution in [0.3, 0.4) is 0 Å². The molecule has 2 heterocycles. The third kappa shape index (κ3) is 6.38. The van der Waals surface area contributed by atoms with Gasteiger partial charge in [0.15, 0.2) is 0 Å². The predicted molar refractivity (Wildman–Crippen MR) is 101 cm³/mol. The molecular formula is C20H30N4. The Morgan fingerprint density at radius 1 is 0.750 bits per heavy atom. The van der Waals surface area contributed by atoms with Crippen molar-refractivity contribution in [2.24, 2.45) is 0 Å². The van der Waals surface area contributed by atoms with E-state index in [0.717, 1.165) is 37.6 Å². The first-order valence-corrected chi connectivity index (χ1v) is 9.15. The minimum absolute atomic E-state index is 0.883. The first-order chi connectivity index (χ1) is 11.8. The quantitative estimate of drug-likeness (QED) is 0.614. The lowest BCUT2D eigenvalue weighted by atomic mass is 10.1. The molecule has 4 heteroatoms. The zero-order chi connectivity index (χ0) is 17.0. The zero-order valence-electron chi connectivity index (χ0n) is 15.0. The third-order valence-corrected chi connectivity index (χ3v) is 3.98. The number of rotatable bonds is 11. The molecule has 0 atom stereocenters. The number of unbranched alkanes of at least 4 members (excludes halogenated alkanes) is 2. The summed E-state index contributed by atoms with van der Waals surface area (Å²) in [6.07, 6.45) is 8.62. The number of pyridine rings is 2. The fourth-order valence-electron chi connectivity index (χ4n) is 2.52. The Bertz CT molecular complexity index is 544. The van der Waals surface area contributed by atoms with Crippen molar-refractivity contribution in [1.29, 1.82) is 0 Å². The van der Waals surface area contributed by atoms with E-state index in [-0.39, 0.29) is 0 Å². The van der Waals surface area contributed by atoms with Crippen molar-refractivity contribution in [3.63, 3.8) is 0 Å². The lowest BCUT2D eigenvalue weighted by Crippen LogP contribution is -2.15. The molecule has 0 unspecified atom stereocenters. The summed E-state index contributed by atoms with van der Waals surface area (Å²) in [5.74, 6) is 0. The smallest absolute Gasteiger partial charge is 0.0889 e. The van der Waals surface area contributed by atoms with E-state index >= 15 is 0 Å². The topological polar surface area (TPSA) is 49.8 Å². The van der Waals surface area contributed by atoms with Gasteiger partial charge in [-0.15, -0.1) is 0 Å². The van der Waals surface area contributed by atoms with Gasteiger partial charge < -0.3 is 10.6 Å². The summed E-state index contributed by atoms with van der Waals surface area (Å²) in [5, 5.41) is 6.95. The number of hydrogen-bond donors (Lipinski definition) is 2. The normalized spacial score (nSPS) is 10.9. The van der Waals surface area contributed by atoms with Crippen molar-refractivity contribution in [3.05, 3.63) is 47.8 Å². The largest absolute Gasteiger partial charge is 0.313 e. The van der Waals surface area contributed by atoms with Crippen molar-refractivity contribution < 1.29 is 0 Å². The number of hydrogen-bond acceptors (Lipinski definition) is 4. The summed E-state index contributed by atoms with van der Waals surface area (Å²) in [6, 6.07) is 8.41. The van der Waals surface area contributed by atoms with E-state index in [0.29, 0.717) is 0 Å². The number of nitrogens with zero attached hydrogens (tertiary/aromatic N) is 2. The maximum atomic E-state index is 4.49. The van der Waals surface area contributed by atoms with Gasteiger partial charge in [-0.05, 0) is 61.3 Å². The molecule has 0 amide bonds. The highest BCUT2D eigenvalue weighted by Gasteiger charge is 2.04. The summed E-state index contributed by atoms with van der Waals surface area (Å²) in [5.41, 5.74) is 4.40. The van der Waals surface area contributed by atoms with Crippen molar-refractivity contribution in [2.45, 2.75) is 52.6 Å². The molecule has 0 aliphatic carbocycles. The number of aromatic nitrogens is 2. The lowest BCUT2D eigenvalue weighted by molar-refractivity contribution is 0.640. The SMILES string of the molecule is CCCCNCc1ccnc(-c2cc(CNCCCC)ccn2)c1. The van der Waals surface area contributed by atoms with Crippen LogP contribution in [0.1, 0.15) is 50.7 Å². The molecule has 0 radical (unpaired) electrons. The molecule has 2 aromatic rings. The monoisotopic (exact) mass is 326 g/mol. The Balaban J connectivity index is 1.97. The third-order valence-electron chi connectivity index (χ3n) is 3.98. The fraction of sp³-hybridized carbons (Fsp3) is 0.500. The zero-order valence-corrected chi connectivity index (χ0v) is 15.0. The Kier molecular flexibility index (Phi) is 8.42. The molecule has 0 saturated heterocycles. The molecule has 2 aromatic heterocycles. The highest BCUT2D eigenvalue weighted by atomic mass is 14.9. The second kappa shape index (κ2) is 10.9. The van der Waals surface area contributed by atoms with Gasteiger partial charge in [0.2, 0.25) is 0 Å². The van der Waals surface area contributed by atoms with Crippen LogP contribution in [0.25, 0.3) is 11.4 Å². The van der Waals surface area contributed by atoms with Gasteiger partial charge in [-0.2, -0.15) is 0 Å². The molecular weight excluding hydrogens is 296 g/mol. The van der Waals surface area contributed by atoms with Crippen molar-refractivity contribution >= 4 is 0 Å². The van der Waals surface area contributed by atoms with Crippen LogP contribution in [-0.2, 0) is 13.1 Å². The predicted octanol–water partition coefficient (Wildman–Crippen LogP) is 3.92. The molecule has 0 bridgehead atoms. The van der Waals surface area contributed by atoms with Crippen LogP contribution in [-0.4, -0.2) is 23.1 Å². The Morgan fingerprint density at radius 2 is 1.21 bits per heavy atom. The highest BCUT2D eigenvalue weighted by molar-refractivity contribution is 5.55. The van der Waals surface area contributed by atoms with Crippen LogP contribution in [0, 0.1) is 0 Å². The average molecular weight is 326 g/mol. The van der Waals surface area contributed by atoms with E-state index in [4.69, 9.17) is 0 Å². The van der Waals surface area contributed by atoms with Crippen LogP contribution in [0.5, 0.6) is 0 Å². The second-order valence-electron chi connectivity index (χ2n) is 6.16. The molecule has 2 rings (SSSR count). The molecule has 2 N–H and O–H groups in total. The number of nitrogens with one attached hydrogen (secondary N) is 2. The second-order valence-corrected chi connectivity index (χ2v) is 6.16. The van der Waals surface area contributed by atoms with E-state index in [1.54, 1.807) is 0 Å². The average Bonchev–Trinajstić information content (AvgIpc) is 2.63. The summed E-state index contributed by atoms with van der Waals surface area (Å²) >= 11 is 0. The van der Waals surface area contributed by atoms with E-state index in [2.05, 4.69) is 58.7 Å². The standard InChI is InChI=1S/C20H30N4/c1-3-5-9-21-15-17-7-11-23-19(13-17)20-14-18(8-12-24-20)16-22-10-6-4-2/h7-8,11-14,21-22H,3-6,9-10,15-16H2,1-2H3. The van der Waals surface area contributed by atoms with E-state index in [1.165, 1.54) is 36.8 Å². The van der Waals surface area contributed by atoms with Gasteiger partial charge in [0, 0.05) is 25.5 Å². The van der Waals surface area contributed by atoms with E-state index in [9.17, 15) is 0 Å². The lowest BCUT2D eigenvalue weighted by Gasteiger charge is -2.08. The van der Waals surface area contributed by atoms with Gasteiger partial charge in [0.05, 0.1) is 11.4 Å². The minimum Gasteiger partial charge on any atom is -0.313 e. The van der Waals surface area contributed by atoms with Crippen LogP contribution in [0.2, 0.25) is 0 Å². The van der Waals surface area contributed by atoms with Crippen LogP contribution >= 0.6 is 0 Å². The molecule has 0 aliphatic heterocycles. The van der Waals surface area contributed by atoms with Crippen LogP contribution < -0.4 is 10.6 Å².